The Bertz CT molecular complexity index is 460. The van der Waals surface area contributed by atoms with E-state index >= 15 is 0 Å². The van der Waals surface area contributed by atoms with E-state index in [-0.39, 0.29) is 0 Å². The molecular weight excluding hydrogens is 198 g/mol. The van der Waals surface area contributed by atoms with E-state index in [1.54, 1.807) is 0 Å². The molecule has 2 aliphatic rings. The SMILES string of the molecule is C1=C(C2=COc3ccccc3C2)CCNC1. The largest absolute Gasteiger partial charge is 0.464 e. The van der Waals surface area contributed by atoms with Gasteiger partial charge in [0.05, 0.1) is 6.26 Å². The molecule has 0 aromatic heterocycles. The molecule has 0 aliphatic carbocycles. The molecule has 0 spiro atoms. The van der Waals surface area contributed by atoms with Crippen LogP contribution in [0.15, 0.2) is 47.7 Å². The molecule has 1 aromatic carbocycles. The lowest BCUT2D eigenvalue weighted by Gasteiger charge is -2.21. The first kappa shape index (κ1) is 9.67. The molecule has 0 amide bonds. The van der Waals surface area contributed by atoms with Gasteiger partial charge in [0, 0.05) is 13.0 Å². The first-order valence-electron chi connectivity index (χ1n) is 5.77. The first-order valence-corrected chi connectivity index (χ1v) is 5.77. The van der Waals surface area contributed by atoms with Crippen LogP contribution in [-0.2, 0) is 6.42 Å². The Morgan fingerprint density at radius 2 is 2.06 bits per heavy atom. The summed E-state index contributed by atoms with van der Waals surface area (Å²) in [6.45, 7) is 2.05. The first-order chi connectivity index (χ1) is 7.93. The zero-order valence-electron chi connectivity index (χ0n) is 9.20. The second-order valence-electron chi connectivity index (χ2n) is 4.23. The van der Waals surface area contributed by atoms with Crippen molar-refractivity contribution in [2.45, 2.75) is 12.8 Å². The number of fused-ring (bicyclic) bond motifs is 1. The predicted molar refractivity (Wildman–Crippen MR) is 64.4 cm³/mol. The fraction of sp³-hybridized carbons (Fsp3) is 0.286. The molecule has 0 atom stereocenters. The molecule has 0 unspecified atom stereocenters. The summed E-state index contributed by atoms with van der Waals surface area (Å²) in [6.07, 6.45) is 6.30. The van der Waals surface area contributed by atoms with Gasteiger partial charge < -0.3 is 10.1 Å². The van der Waals surface area contributed by atoms with Crippen LogP contribution in [0.3, 0.4) is 0 Å². The van der Waals surface area contributed by atoms with Gasteiger partial charge in [-0.05, 0) is 35.7 Å². The summed E-state index contributed by atoms with van der Waals surface area (Å²) in [4.78, 5) is 0. The Labute approximate surface area is 95.6 Å². The Morgan fingerprint density at radius 3 is 2.94 bits per heavy atom. The van der Waals surface area contributed by atoms with Gasteiger partial charge >= 0.3 is 0 Å². The zero-order valence-corrected chi connectivity index (χ0v) is 9.20. The fourth-order valence-electron chi connectivity index (χ4n) is 2.25. The second kappa shape index (κ2) is 4.14. The van der Waals surface area contributed by atoms with Crippen LogP contribution in [0.4, 0.5) is 0 Å². The van der Waals surface area contributed by atoms with Crippen molar-refractivity contribution in [3.8, 4) is 5.75 Å². The summed E-state index contributed by atoms with van der Waals surface area (Å²) in [5.41, 5.74) is 4.06. The number of nitrogens with one attached hydrogen (secondary N) is 1. The molecule has 16 heavy (non-hydrogen) atoms. The van der Waals surface area contributed by atoms with Crippen LogP contribution in [0, 0.1) is 0 Å². The third-order valence-electron chi connectivity index (χ3n) is 3.16. The van der Waals surface area contributed by atoms with E-state index in [1.165, 1.54) is 16.7 Å². The standard InChI is InChI=1S/C14H15NO/c1-2-4-14-12(3-1)9-13(10-16-14)11-5-7-15-8-6-11/h1-5,10,15H,6-9H2. The van der Waals surface area contributed by atoms with Crippen molar-refractivity contribution in [1.82, 2.24) is 5.32 Å². The van der Waals surface area contributed by atoms with Crippen LogP contribution in [0.25, 0.3) is 0 Å². The lowest BCUT2D eigenvalue weighted by atomic mass is 9.94. The fourth-order valence-corrected chi connectivity index (χ4v) is 2.25. The maximum Gasteiger partial charge on any atom is 0.130 e. The number of hydrogen-bond acceptors (Lipinski definition) is 2. The van der Waals surface area contributed by atoms with Gasteiger partial charge in [-0.25, -0.2) is 0 Å². The molecule has 0 fully saturated rings. The molecule has 3 rings (SSSR count). The summed E-state index contributed by atoms with van der Waals surface area (Å²) in [5.74, 6) is 1.00. The lowest BCUT2D eigenvalue weighted by Crippen LogP contribution is -2.22. The summed E-state index contributed by atoms with van der Waals surface area (Å²) in [7, 11) is 0. The number of allylic oxidation sites excluding steroid dienone is 1. The van der Waals surface area contributed by atoms with Crippen molar-refractivity contribution in [3.63, 3.8) is 0 Å². The minimum atomic E-state index is 0.980. The monoisotopic (exact) mass is 213 g/mol. The molecular formula is C14H15NO. The van der Waals surface area contributed by atoms with Crippen LogP contribution >= 0.6 is 0 Å². The van der Waals surface area contributed by atoms with Gasteiger partial charge in [0.2, 0.25) is 0 Å². The van der Waals surface area contributed by atoms with E-state index in [4.69, 9.17) is 4.74 Å². The Hall–Kier alpha value is -1.54. The maximum atomic E-state index is 5.67. The van der Waals surface area contributed by atoms with Crippen molar-refractivity contribution >= 4 is 0 Å². The van der Waals surface area contributed by atoms with Crippen LogP contribution in [0.5, 0.6) is 5.75 Å². The highest BCUT2D eigenvalue weighted by molar-refractivity contribution is 5.45. The third kappa shape index (κ3) is 1.76. The Balaban J connectivity index is 1.86. The van der Waals surface area contributed by atoms with Crippen molar-refractivity contribution in [1.29, 1.82) is 0 Å². The molecule has 82 valence electrons. The number of para-hydroxylation sites is 1. The summed E-state index contributed by atoms with van der Waals surface area (Å²) in [5, 5.41) is 3.33. The normalized spacial score (nSPS) is 19.2. The molecule has 1 N–H and O–H groups in total. The van der Waals surface area contributed by atoms with Crippen molar-refractivity contribution < 1.29 is 4.74 Å². The van der Waals surface area contributed by atoms with Crippen LogP contribution in [-0.4, -0.2) is 13.1 Å². The second-order valence-corrected chi connectivity index (χ2v) is 4.23. The minimum Gasteiger partial charge on any atom is -0.464 e. The average Bonchev–Trinajstić information content (AvgIpc) is 2.39. The maximum absolute atomic E-state index is 5.67. The minimum absolute atomic E-state index is 0.980. The van der Waals surface area contributed by atoms with Crippen molar-refractivity contribution in [2.24, 2.45) is 0 Å². The molecule has 2 heterocycles. The lowest BCUT2D eigenvalue weighted by molar-refractivity contribution is 0.457. The number of benzene rings is 1. The van der Waals surface area contributed by atoms with E-state index in [1.807, 2.05) is 18.4 Å². The molecule has 0 bridgehead atoms. The Morgan fingerprint density at radius 1 is 1.12 bits per heavy atom. The molecule has 2 heteroatoms. The van der Waals surface area contributed by atoms with Gasteiger partial charge in [-0.1, -0.05) is 24.3 Å². The van der Waals surface area contributed by atoms with E-state index in [9.17, 15) is 0 Å². The highest BCUT2D eigenvalue weighted by Gasteiger charge is 2.15. The van der Waals surface area contributed by atoms with E-state index in [0.717, 1.165) is 31.7 Å². The molecule has 0 saturated carbocycles. The van der Waals surface area contributed by atoms with Crippen molar-refractivity contribution in [2.75, 3.05) is 13.1 Å². The summed E-state index contributed by atoms with van der Waals surface area (Å²) in [6, 6.07) is 8.26. The highest BCUT2D eigenvalue weighted by Crippen LogP contribution is 2.30. The molecule has 0 radical (unpaired) electrons. The summed E-state index contributed by atoms with van der Waals surface area (Å²) < 4.78 is 5.67. The van der Waals surface area contributed by atoms with Crippen LogP contribution in [0.1, 0.15) is 12.0 Å². The van der Waals surface area contributed by atoms with Gasteiger partial charge in [-0.3, -0.25) is 0 Å². The smallest absolute Gasteiger partial charge is 0.130 e. The number of rotatable bonds is 1. The topological polar surface area (TPSA) is 21.3 Å². The predicted octanol–water partition coefficient (Wildman–Crippen LogP) is 2.43. The van der Waals surface area contributed by atoms with Crippen molar-refractivity contribution in [3.05, 3.63) is 53.3 Å². The number of ether oxygens (including phenoxy) is 1. The molecule has 2 aliphatic heterocycles. The van der Waals surface area contributed by atoms with Gasteiger partial charge in [0.15, 0.2) is 0 Å². The van der Waals surface area contributed by atoms with Gasteiger partial charge in [-0.2, -0.15) is 0 Å². The van der Waals surface area contributed by atoms with Crippen LogP contribution in [0.2, 0.25) is 0 Å². The highest BCUT2D eigenvalue weighted by atomic mass is 16.5. The molecule has 1 aromatic rings. The van der Waals surface area contributed by atoms with E-state index in [2.05, 4.69) is 23.5 Å². The van der Waals surface area contributed by atoms with E-state index < -0.39 is 0 Å². The third-order valence-corrected chi connectivity index (χ3v) is 3.16. The Kier molecular flexibility index (Phi) is 2.50. The molecule has 0 saturated heterocycles. The average molecular weight is 213 g/mol. The van der Waals surface area contributed by atoms with Gasteiger partial charge in [0.1, 0.15) is 5.75 Å². The van der Waals surface area contributed by atoms with Gasteiger partial charge in [0.25, 0.3) is 0 Å². The van der Waals surface area contributed by atoms with Crippen LogP contribution < -0.4 is 10.1 Å². The number of hydrogen-bond donors (Lipinski definition) is 1. The van der Waals surface area contributed by atoms with Gasteiger partial charge in [-0.15, -0.1) is 0 Å². The zero-order chi connectivity index (χ0) is 10.8. The quantitative estimate of drug-likeness (QED) is 0.773. The molecule has 2 nitrogen and oxygen atoms in total. The van der Waals surface area contributed by atoms with E-state index in [0.29, 0.717) is 0 Å². The summed E-state index contributed by atoms with van der Waals surface area (Å²) >= 11 is 0.